The second kappa shape index (κ2) is 11.1. The summed E-state index contributed by atoms with van der Waals surface area (Å²) >= 11 is 12.4. The van der Waals surface area contributed by atoms with E-state index in [0.717, 1.165) is 11.3 Å². The van der Waals surface area contributed by atoms with Crippen molar-refractivity contribution in [3.63, 3.8) is 0 Å². The number of ether oxygens (including phenoxy) is 1. The summed E-state index contributed by atoms with van der Waals surface area (Å²) in [5.74, 6) is -1.05. The van der Waals surface area contributed by atoms with E-state index in [9.17, 15) is 14.4 Å². The zero-order chi connectivity index (χ0) is 25.9. The summed E-state index contributed by atoms with van der Waals surface area (Å²) in [6, 6.07) is 14.4. The summed E-state index contributed by atoms with van der Waals surface area (Å²) in [5, 5.41) is 6.14. The summed E-state index contributed by atoms with van der Waals surface area (Å²) < 4.78 is 5.82. The molecule has 0 aromatic heterocycles. The number of amides is 4. The van der Waals surface area contributed by atoms with Gasteiger partial charge in [0.2, 0.25) is 5.91 Å². The first-order valence-electron chi connectivity index (χ1n) is 11.9. The first-order chi connectivity index (χ1) is 17.2. The predicted molar refractivity (Wildman–Crippen MR) is 139 cm³/mol. The van der Waals surface area contributed by atoms with Crippen LogP contribution in [0.15, 0.2) is 48.5 Å². The topological polar surface area (TPSA) is 91.0 Å². The van der Waals surface area contributed by atoms with Crippen molar-refractivity contribution < 1.29 is 19.1 Å². The molecule has 2 fully saturated rings. The van der Waals surface area contributed by atoms with Gasteiger partial charge in [-0.05, 0) is 37.1 Å². The van der Waals surface area contributed by atoms with E-state index in [1.54, 1.807) is 13.0 Å². The molecule has 2 N–H and O–H groups in total. The second-order valence-electron chi connectivity index (χ2n) is 9.53. The summed E-state index contributed by atoms with van der Waals surface area (Å²) in [6.45, 7) is 5.75. The quantitative estimate of drug-likeness (QED) is 0.504. The maximum Gasteiger partial charge on any atom is 0.322 e. The lowest BCUT2D eigenvalue weighted by Gasteiger charge is -2.42. The maximum atomic E-state index is 13.4. The molecule has 3 atom stereocenters. The number of nitrogens with zero attached hydrogens (tertiary/aromatic N) is 2. The molecule has 0 aliphatic carbocycles. The van der Waals surface area contributed by atoms with Gasteiger partial charge in [-0.3, -0.25) is 14.9 Å². The van der Waals surface area contributed by atoms with Crippen LogP contribution in [0.3, 0.4) is 0 Å². The number of imide groups is 1. The lowest BCUT2D eigenvalue weighted by atomic mass is 9.87. The smallest absolute Gasteiger partial charge is 0.322 e. The minimum Gasteiger partial charge on any atom is -0.374 e. The van der Waals surface area contributed by atoms with Crippen molar-refractivity contribution in [1.29, 1.82) is 0 Å². The predicted octanol–water partition coefficient (Wildman–Crippen LogP) is 3.85. The molecule has 2 unspecified atom stereocenters. The van der Waals surface area contributed by atoms with Crippen LogP contribution in [0.25, 0.3) is 0 Å². The minimum atomic E-state index is -1.30. The molecule has 10 heteroatoms. The Balaban J connectivity index is 1.39. The Morgan fingerprint density at radius 1 is 1.14 bits per heavy atom. The third-order valence-electron chi connectivity index (χ3n) is 6.67. The highest BCUT2D eigenvalue weighted by Gasteiger charge is 2.48. The van der Waals surface area contributed by atoms with Crippen molar-refractivity contribution in [2.45, 2.75) is 38.5 Å². The van der Waals surface area contributed by atoms with E-state index in [1.807, 2.05) is 54.3 Å². The lowest BCUT2D eigenvalue weighted by molar-refractivity contribution is -0.137. The molecule has 192 valence electrons. The number of nitrogens with one attached hydrogen (secondary N) is 2. The van der Waals surface area contributed by atoms with E-state index in [2.05, 4.69) is 15.5 Å². The normalized spacial score (nSPS) is 22.8. The number of carbonyl (C=O) groups excluding carboxylic acids is 3. The number of hydrogen-bond acceptors (Lipinski definition) is 5. The number of urea groups is 1. The lowest BCUT2D eigenvalue weighted by Crippen LogP contribution is -2.57. The van der Waals surface area contributed by atoms with E-state index in [0.29, 0.717) is 36.3 Å². The standard InChI is InChI=1S/C26H30Cl2N4O4/c1-17(13-26(24(34)29-25(35)30-26)16-36-15-19-6-4-3-5-7-19)23(33)31-8-9-32(18(2)14-31)22-11-20(27)10-21(28)12-22/h3-7,10-12,17-18H,8-9,13-16H2,1-2H3,(H2,29,30,34,35)/t17?,18-,26?/m0/s1. The van der Waals surface area contributed by atoms with E-state index >= 15 is 0 Å². The summed E-state index contributed by atoms with van der Waals surface area (Å²) in [6.07, 6.45) is 0.136. The molecule has 2 aliphatic rings. The Bertz CT molecular complexity index is 1110. The summed E-state index contributed by atoms with van der Waals surface area (Å²) in [4.78, 5) is 42.1. The highest BCUT2D eigenvalue weighted by Crippen LogP contribution is 2.29. The van der Waals surface area contributed by atoms with Crippen molar-refractivity contribution in [3.05, 3.63) is 64.1 Å². The number of rotatable bonds is 8. The zero-order valence-corrected chi connectivity index (χ0v) is 21.8. The monoisotopic (exact) mass is 532 g/mol. The minimum absolute atomic E-state index is 0.0310. The Kier molecular flexibility index (Phi) is 8.07. The van der Waals surface area contributed by atoms with E-state index in [4.69, 9.17) is 27.9 Å². The van der Waals surface area contributed by atoms with Crippen molar-refractivity contribution in [2.75, 3.05) is 31.1 Å². The molecule has 0 bridgehead atoms. The van der Waals surface area contributed by atoms with Crippen molar-refractivity contribution in [3.8, 4) is 0 Å². The molecule has 2 aliphatic heterocycles. The molecular formula is C26H30Cl2N4O4. The molecule has 0 radical (unpaired) electrons. The van der Waals surface area contributed by atoms with Gasteiger partial charge < -0.3 is 19.9 Å². The fourth-order valence-corrected chi connectivity index (χ4v) is 5.43. The van der Waals surface area contributed by atoms with Gasteiger partial charge in [0.1, 0.15) is 5.54 Å². The SMILES string of the molecule is CC(CC1(COCc2ccccc2)NC(=O)NC1=O)C(=O)N1CCN(c2cc(Cl)cc(Cl)c2)[C@@H](C)C1. The highest BCUT2D eigenvalue weighted by molar-refractivity contribution is 6.35. The van der Waals surface area contributed by atoms with E-state index in [-0.39, 0.29) is 25.0 Å². The van der Waals surface area contributed by atoms with E-state index in [1.165, 1.54) is 0 Å². The van der Waals surface area contributed by atoms with Crippen LogP contribution in [0.1, 0.15) is 25.8 Å². The molecule has 0 spiro atoms. The average Bonchev–Trinajstić information content (AvgIpc) is 3.10. The van der Waals surface area contributed by atoms with Gasteiger partial charge in [-0.15, -0.1) is 0 Å². The van der Waals surface area contributed by atoms with Crippen LogP contribution in [0.2, 0.25) is 10.0 Å². The van der Waals surface area contributed by atoms with Crippen LogP contribution in [0, 0.1) is 5.92 Å². The molecule has 8 nitrogen and oxygen atoms in total. The number of benzene rings is 2. The number of carbonyl (C=O) groups is 3. The Labute approximate surface area is 220 Å². The highest BCUT2D eigenvalue weighted by atomic mass is 35.5. The molecule has 4 rings (SSSR count). The van der Waals surface area contributed by atoms with E-state index < -0.39 is 23.4 Å². The molecule has 2 saturated heterocycles. The molecule has 2 aromatic rings. The van der Waals surface area contributed by atoms with Crippen molar-refractivity contribution >= 4 is 46.7 Å². The number of anilines is 1. The molecule has 0 saturated carbocycles. The number of hydrogen-bond donors (Lipinski definition) is 2. The van der Waals surface area contributed by atoms with Crippen LogP contribution in [-0.4, -0.2) is 60.6 Å². The number of piperazine rings is 1. The first kappa shape index (κ1) is 26.3. The summed E-state index contributed by atoms with van der Waals surface area (Å²) in [5.41, 5.74) is 0.570. The maximum absolute atomic E-state index is 13.4. The molecule has 2 heterocycles. The molecule has 4 amide bonds. The summed E-state index contributed by atoms with van der Waals surface area (Å²) in [7, 11) is 0. The van der Waals surface area contributed by atoms with Gasteiger partial charge in [0.15, 0.2) is 0 Å². The fraction of sp³-hybridized carbons (Fsp3) is 0.423. The zero-order valence-electron chi connectivity index (χ0n) is 20.3. The Morgan fingerprint density at radius 2 is 1.83 bits per heavy atom. The molecule has 2 aromatic carbocycles. The Morgan fingerprint density at radius 3 is 2.44 bits per heavy atom. The van der Waals surface area contributed by atoms with Crippen molar-refractivity contribution in [2.24, 2.45) is 5.92 Å². The molecular weight excluding hydrogens is 503 g/mol. The molecule has 36 heavy (non-hydrogen) atoms. The second-order valence-corrected chi connectivity index (χ2v) is 10.4. The van der Waals surface area contributed by atoms with Gasteiger partial charge in [-0.2, -0.15) is 0 Å². The third-order valence-corrected chi connectivity index (χ3v) is 7.11. The first-order valence-corrected chi connectivity index (χ1v) is 12.7. The van der Waals surface area contributed by atoms with Gasteiger partial charge in [-0.1, -0.05) is 60.5 Å². The van der Waals surface area contributed by atoms with Gasteiger partial charge >= 0.3 is 6.03 Å². The van der Waals surface area contributed by atoms with Crippen LogP contribution < -0.4 is 15.5 Å². The average molecular weight is 533 g/mol. The third kappa shape index (κ3) is 5.94. The largest absolute Gasteiger partial charge is 0.374 e. The fourth-order valence-electron chi connectivity index (χ4n) is 4.92. The van der Waals surface area contributed by atoms with Crippen LogP contribution >= 0.6 is 23.2 Å². The van der Waals surface area contributed by atoms with Gasteiger partial charge in [0, 0.05) is 47.3 Å². The van der Waals surface area contributed by atoms with Crippen LogP contribution in [-0.2, 0) is 20.9 Å². The van der Waals surface area contributed by atoms with Gasteiger partial charge in [-0.25, -0.2) is 4.79 Å². The van der Waals surface area contributed by atoms with Gasteiger partial charge in [0.25, 0.3) is 5.91 Å². The van der Waals surface area contributed by atoms with Crippen LogP contribution in [0.5, 0.6) is 0 Å². The van der Waals surface area contributed by atoms with Gasteiger partial charge in [0.05, 0.1) is 13.2 Å². The number of halogens is 2. The Hall–Kier alpha value is -2.81. The van der Waals surface area contributed by atoms with Crippen molar-refractivity contribution in [1.82, 2.24) is 15.5 Å². The van der Waals surface area contributed by atoms with Crippen LogP contribution in [0.4, 0.5) is 10.5 Å².